The van der Waals surface area contributed by atoms with Crippen LogP contribution >= 0.6 is 0 Å². The molecule has 0 saturated heterocycles. The van der Waals surface area contributed by atoms with Crippen LogP contribution in [0.1, 0.15) is 38.9 Å². The Kier molecular flexibility index (Phi) is 27.0. The summed E-state index contributed by atoms with van der Waals surface area (Å²) in [6.45, 7) is 14.9. The molecule has 101 heavy (non-hydrogen) atoms. The first-order valence-corrected chi connectivity index (χ1v) is 34.9. The molecule has 0 unspecified atom stereocenters. The van der Waals surface area contributed by atoms with E-state index in [1.807, 2.05) is 54.6 Å². The summed E-state index contributed by atoms with van der Waals surface area (Å²) in [6.07, 6.45) is 0. The first-order valence-electron chi connectivity index (χ1n) is 34.9. The number of aryl methyl sites for hydroxylation is 7. The number of rotatable bonds is 5. The molecule has 0 nitrogen and oxygen atoms in total. The van der Waals surface area contributed by atoms with E-state index in [1.54, 1.807) is 0 Å². The summed E-state index contributed by atoms with van der Waals surface area (Å²) in [5.74, 6) is 0. The van der Waals surface area contributed by atoms with Crippen molar-refractivity contribution in [3.8, 4) is 55.6 Å². The lowest BCUT2D eigenvalue weighted by molar-refractivity contribution is 1.46. The van der Waals surface area contributed by atoms with Crippen molar-refractivity contribution in [3.63, 3.8) is 0 Å². The third-order valence-electron chi connectivity index (χ3n) is 17.4. The molecule has 0 saturated carbocycles. The molecule has 17 aromatic rings. The fourth-order valence-electron chi connectivity index (χ4n) is 11.8. The van der Waals surface area contributed by atoms with E-state index in [2.05, 4.69) is 412 Å². The molecule has 0 amide bonds. The van der Waals surface area contributed by atoms with Crippen LogP contribution in [-0.4, -0.2) is 0 Å². The van der Waals surface area contributed by atoms with Gasteiger partial charge >= 0.3 is 0 Å². The van der Waals surface area contributed by atoms with Crippen molar-refractivity contribution in [2.45, 2.75) is 48.5 Å². The average Bonchev–Trinajstić information content (AvgIpc) is 0.833. The second-order valence-electron chi connectivity index (χ2n) is 25.3. The molecule has 0 heterocycles. The maximum absolute atomic E-state index is 2.25. The van der Waals surface area contributed by atoms with Gasteiger partial charge in [0.05, 0.1) is 0 Å². The molecule has 0 aromatic heterocycles. The molecule has 0 spiro atoms. The molecule has 0 fully saturated rings. The zero-order chi connectivity index (χ0) is 70.2. The minimum atomic E-state index is 1.28. The molecule has 494 valence electrons. The zero-order valence-electron chi connectivity index (χ0n) is 59.3. The van der Waals surface area contributed by atoms with Crippen LogP contribution in [0.2, 0.25) is 0 Å². The van der Waals surface area contributed by atoms with E-state index in [0.717, 1.165) is 0 Å². The van der Waals surface area contributed by atoms with Crippen molar-refractivity contribution in [1.29, 1.82) is 0 Å². The SMILES string of the molecule is Cc1ccc(-c2ccc3ccccc3c2)cc1.Cc1ccc(-c2cccc3ccccc23)cc1.Cc1ccc(-c2ccccc2)cc1.Cc1ccc2ccccc2c1.Cc1cccc(-c2ccccc2)c1.Cc1cccc2ccccc12.Cc1ccccc1-c1ccccc1.c1ccccc1. The van der Waals surface area contributed by atoms with Crippen LogP contribution in [0.5, 0.6) is 0 Å². The molecule has 0 atom stereocenters. The Morgan fingerprint density at radius 3 is 0.941 bits per heavy atom. The molecule has 0 bridgehead atoms. The van der Waals surface area contributed by atoms with Gasteiger partial charge in [-0.2, -0.15) is 0 Å². The van der Waals surface area contributed by atoms with E-state index in [1.165, 1.54) is 138 Å². The summed E-state index contributed by atoms with van der Waals surface area (Å²) in [5, 5.41) is 10.5. The maximum Gasteiger partial charge on any atom is -0.0105 e. The predicted molar refractivity (Wildman–Crippen MR) is 442 cm³/mol. The lowest BCUT2D eigenvalue weighted by Crippen LogP contribution is -1.81. The van der Waals surface area contributed by atoms with Crippen LogP contribution in [0, 0.1) is 48.5 Å². The zero-order valence-corrected chi connectivity index (χ0v) is 59.3. The second-order valence-corrected chi connectivity index (χ2v) is 25.3. The van der Waals surface area contributed by atoms with Crippen molar-refractivity contribution >= 4 is 43.1 Å². The molecule has 17 rings (SSSR count). The Labute approximate surface area is 600 Å². The van der Waals surface area contributed by atoms with Crippen molar-refractivity contribution in [2.75, 3.05) is 0 Å². The fraction of sp³-hybridized carbons (Fsp3) is 0.0693. The molecule has 17 aromatic carbocycles. The Morgan fingerprint density at radius 2 is 0.416 bits per heavy atom. The summed E-state index contributed by atoms with van der Waals surface area (Å²) >= 11 is 0. The lowest BCUT2D eigenvalue weighted by atomic mass is 9.98. The highest BCUT2D eigenvalue weighted by atomic mass is 14.1. The summed E-state index contributed by atoms with van der Waals surface area (Å²) < 4.78 is 0. The maximum atomic E-state index is 2.25. The third kappa shape index (κ3) is 22.1. The normalized spacial score (nSPS) is 10.1. The predicted octanol–water partition coefficient (Wildman–Crippen LogP) is 28.6. The van der Waals surface area contributed by atoms with Gasteiger partial charge in [-0.1, -0.05) is 440 Å². The van der Waals surface area contributed by atoms with Crippen LogP contribution in [0.3, 0.4) is 0 Å². The standard InChI is InChI=1S/2C17H14.3C13H12.2C11H10.C6H6/c1-13-9-11-15(12-10-13)17-8-4-6-14-5-2-3-7-16(14)17;1-13-6-8-15(9-7-13)17-11-10-14-4-2-3-5-16(14)12-17;1-11-7-5-6-10-13(11)12-8-3-2-4-9-12;1-11-6-5-9-13(10-11)12-7-3-2-4-8-12;1-11-7-9-13(10-8-11)12-5-3-2-4-6-12;1-9-5-4-7-10-6-2-3-8-11(9)10;1-9-6-7-10-4-2-3-5-11(10)8-9;1-2-4-6-5-3-1/h2*2-12H,1H3;3*2-10H,1H3;2*2-8H,1H3;1-6H. The van der Waals surface area contributed by atoms with Crippen LogP contribution in [0.15, 0.2) is 419 Å². The highest BCUT2D eigenvalue weighted by Gasteiger charge is 2.04. The molecule has 0 aliphatic rings. The van der Waals surface area contributed by atoms with E-state index in [0.29, 0.717) is 0 Å². The van der Waals surface area contributed by atoms with Gasteiger partial charge in [0.25, 0.3) is 0 Å². The van der Waals surface area contributed by atoms with Crippen LogP contribution < -0.4 is 0 Å². The first-order chi connectivity index (χ1) is 49.5. The van der Waals surface area contributed by atoms with Crippen molar-refractivity contribution < 1.29 is 0 Å². The fourth-order valence-corrected chi connectivity index (χ4v) is 11.8. The van der Waals surface area contributed by atoms with E-state index in [4.69, 9.17) is 0 Å². The topological polar surface area (TPSA) is 0 Å². The first kappa shape index (κ1) is 71.5. The van der Waals surface area contributed by atoms with Gasteiger partial charge in [0.15, 0.2) is 0 Å². The molecular formula is C101H90. The van der Waals surface area contributed by atoms with Gasteiger partial charge in [-0.15, -0.1) is 0 Å². The van der Waals surface area contributed by atoms with Crippen LogP contribution in [0.4, 0.5) is 0 Å². The Hall–Kier alpha value is -12.2. The molecule has 0 heteroatoms. The Morgan fingerprint density at radius 1 is 0.129 bits per heavy atom. The van der Waals surface area contributed by atoms with Gasteiger partial charge in [-0.3, -0.25) is 0 Å². The highest BCUT2D eigenvalue weighted by molar-refractivity contribution is 5.96. The molecular weight excluding hydrogens is 1210 g/mol. The van der Waals surface area contributed by atoms with Crippen LogP contribution in [0.25, 0.3) is 98.7 Å². The number of hydrogen-bond acceptors (Lipinski definition) is 0. The van der Waals surface area contributed by atoms with E-state index in [-0.39, 0.29) is 0 Å². The van der Waals surface area contributed by atoms with Gasteiger partial charge in [0, 0.05) is 0 Å². The molecule has 0 aliphatic carbocycles. The van der Waals surface area contributed by atoms with E-state index in [9.17, 15) is 0 Å². The van der Waals surface area contributed by atoms with Gasteiger partial charge in [0.1, 0.15) is 0 Å². The average molecular weight is 1300 g/mol. The number of fused-ring (bicyclic) bond motifs is 4. The van der Waals surface area contributed by atoms with Crippen LogP contribution in [-0.2, 0) is 0 Å². The molecule has 0 N–H and O–H groups in total. The van der Waals surface area contributed by atoms with Crippen molar-refractivity contribution in [1.82, 2.24) is 0 Å². The molecule has 0 aliphatic heterocycles. The summed E-state index contributed by atoms with van der Waals surface area (Å²) in [6, 6.07) is 146. The van der Waals surface area contributed by atoms with Crippen molar-refractivity contribution in [2.24, 2.45) is 0 Å². The minimum Gasteiger partial charge on any atom is -0.0623 e. The Balaban J connectivity index is 0.000000126. The largest absolute Gasteiger partial charge is 0.0623 e. The number of benzene rings is 17. The van der Waals surface area contributed by atoms with E-state index < -0.39 is 0 Å². The van der Waals surface area contributed by atoms with Gasteiger partial charge < -0.3 is 0 Å². The Bertz CT molecular complexity index is 5200. The summed E-state index contributed by atoms with van der Waals surface area (Å²) in [5.41, 5.74) is 22.1. The lowest BCUT2D eigenvalue weighted by Gasteiger charge is -2.07. The third-order valence-corrected chi connectivity index (χ3v) is 17.4. The van der Waals surface area contributed by atoms with Crippen molar-refractivity contribution in [3.05, 3.63) is 458 Å². The molecule has 0 radical (unpaired) electrons. The summed E-state index contributed by atoms with van der Waals surface area (Å²) in [7, 11) is 0. The van der Waals surface area contributed by atoms with Gasteiger partial charge in [0.2, 0.25) is 0 Å². The minimum absolute atomic E-state index is 1.28. The highest BCUT2D eigenvalue weighted by Crippen LogP contribution is 2.30. The van der Waals surface area contributed by atoms with E-state index >= 15 is 0 Å². The van der Waals surface area contributed by atoms with Gasteiger partial charge in [-0.05, 0) is 164 Å². The quantitative estimate of drug-likeness (QED) is 0.161. The summed E-state index contributed by atoms with van der Waals surface area (Å²) in [4.78, 5) is 0. The smallest absolute Gasteiger partial charge is 0.0105 e. The van der Waals surface area contributed by atoms with Gasteiger partial charge in [-0.25, -0.2) is 0 Å². The second kappa shape index (κ2) is 38.1. The monoisotopic (exact) mass is 1300 g/mol. The number of hydrogen-bond donors (Lipinski definition) is 0.